The Balaban J connectivity index is 1.57. The molecular weight excluding hydrogens is 414 g/mol. The minimum Gasteiger partial charge on any atom is -0.497 e. The fraction of sp³-hybridized carbons (Fsp3) is 0.370. The molecule has 2 aliphatic rings. The number of rotatable bonds is 4. The Bertz CT molecular complexity index is 1200. The summed E-state index contributed by atoms with van der Waals surface area (Å²) in [5.41, 5.74) is 3.86. The summed E-state index contributed by atoms with van der Waals surface area (Å²) in [6.45, 7) is 4.91. The third-order valence-corrected chi connectivity index (χ3v) is 6.74. The largest absolute Gasteiger partial charge is 0.497 e. The van der Waals surface area contributed by atoms with Crippen molar-refractivity contribution in [3.63, 3.8) is 0 Å². The number of methoxy groups -OCH3 is 1. The maximum Gasteiger partial charge on any atom is 0.254 e. The molecule has 0 bridgehead atoms. The number of amides is 1. The van der Waals surface area contributed by atoms with Gasteiger partial charge in [0.15, 0.2) is 5.78 Å². The van der Waals surface area contributed by atoms with Gasteiger partial charge in [0.2, 0.25) is 0 Å². The SMILES string of the molecule is COc1ccc(C(=O)N2CCC[C@H]2c2nn(-c3ccccc3)c3c2C(=O)CC(C)(C)C3)cc1. The third kappa shape index (κ3) is 3.84. The van der Waals surface area contributed by atoms with Gasteiger partial charge in [-0.2, -0.15) is 5.10 Å². The van der Waals surface area contributed by atoms with E-state index in [0.717, 1.165) is 41.9 Å². The fourth-order valence-corrected chi connectivity index (χ4v) is 5.19. The molecule has 1 amide bonds. The van der Waals surface area contributed by atoms with Crippen molar-refractivity contribution in [1.29, 1.82) is 0 Å². The molecule has 1 atom stereocenters. The van der Waals surface area contributed by atoms with Crippen LogP contribution in [0.4, 0.5) is 0 Å². The second-order valence-electron chi connectivity index (χ2n) is 9.78. The lowest BCUT2D eigenvalue weighted by Crippen LogP contribution is -2.32. The van der Waals surface area contributed by atoms with E-state index in [4.69, 9.17) is 9.84 Å². The van der Waals surface area contributed by atoms with Crippen LogP contribution < -0.4 is 4.74 Å². The van der Waals surface area contributed by atoms with Crippen LogP contribution in [0.5, 0.6) is 5.75 Å². The van der Waals surface area contributed by atoms with Gasteiger partial charge in [0.25, 0.3) is 5.91 Å². The number of fused-ring (bicyclic) bond motifs is 1. The molecule has 5 rings (SSSR count). The number of ether oxygens (including phenoxy) is 1. The third-order valence-electron chi connectivity index (χ3n) is 6.74. The first kappa shape index (κ1) is 21.4. The maximum absolute atomic E-state index is 13.4. The van der Waals surface area contributed by atoms with E-state index in [2.05, 4.69) is 13.8 Å². The number of likely N-dealkylation sites (tertiary alicyclic amines) is 1. The molecule has 2 aromatic carbocycles. The van der Waals surface area contributed by atoms with E-state index in [0.29, 0.717) is 24.3 Å². The number of carbonyl (C=O) groups is 2. The average molecular weight is 444 g/mol. The Kier molecular flexibility index (Phi) is 5.31. The zero-order valence-electron chi connectivity index (χ0n) is 19.4. The van der Waals surface area contributed by atoms with Crippen molar-refractivity contribution >= 4 is 11.7 Å². The molecule has 0 unspecified atom stereocenters. The molecule has 170 valence electrons. The highest BCUT2D eigenvalue weighted by atomic mass is 16.5. The lowest BCUT2D eigenvalue weighted by molar-refractivity contribution is 0.0728. The Labute approximate surface area is 194 Å². The Morgan fingerprint density at radius 1 is 1.06 bits per heavy atom. The van der Waals surface area contributed by atoms with E-state index in [-0.39, 0.29) is 23.1 Å². The number of hydrogen-bond acceptors (Lipinski definition) is 4. The molecule has 6 nitrogen and oxygen atoms in total. The van der Waals surface area contributed by atoms with E-state index >= 15 is 0 Å². The van der Waals surface area contributed by atoms with Crippen LogP contribution in [0.1, 0.15) is 71.3 Å². The van der Waals surface area contributed by atoms with Crippen LogP contribution in [-0.4, -0.2) is 40.0 Å². The number of hydrogen-bond donors (Lipinski definition) is 0. The molecule has 6 heteroatoms. The first-order valence-electron chi connectivity index (χ1n) is 11.5. The molecule has 1 saturated heterocycles. The zero-order valence-corrected chi connectivity index (χ0v) is 19.4. The molecule has 0 spiro atoms. The van der Waals surface area contributed by atoms with E-state index in [1.165, 1.54) is 0 Å². The van der Waals surface area contributed by atoms with Crippen LogP contribution in [0, 0.1) is 5.41 Å². The number of aromatic nitrogens is 2. The number of ketones is 1. The molecule has 3 aromatic rings. The molecule has 1 aromatic heterocycles. The van der Waals surface area contributed by atoms with Crippen molar-refractivity contribution in [2.75, 3.05) is 13.7 Å². The van der Waals surface area contributed by atoms with Gasteiger partial charge in [-0.1, -0.05) is 32.0 Å². The summed E-state index contributed by atoms with van der Waals surface area (Å²) < 4.78 is 7.15. The molecule has 0 N–H and O–H groups in total. The van der Waals surface area contributed by atoms with Crippen molar-refractivity contribution in [3.05, 3.63) is 77.1 Å². The minimum absolute atomic E-state index is 0.0354. The first-order chi connectivity index (χ1) is 15.9. The van der Waals surface area contributed by atoms with Gasteiger partial charge in [0.1, 0.15) is 5.75 Å². The van der Waals surface area contributed by atoms with E-state index < -0.39 is 0 Å². The van der Waals surface area contributed by atoms with Crippen molar-refractivity contribution in [1.82, 2.24) is 14.7 Å². The lowest BCUT2D eigenvalue weighted by Gasteiger charge is -2.30. The van der Waals surface area contributed by atoms with Crippen LogP contribution >= 0.6 is 0 Å². The number of Topliss-reactive ketones (excluding diaryl/α,β-unsaturated/α-hetero) is 1. The van der Waals surface area contributed by atoms with Crippen molar-refractivity contribution in [2.24, 2.45) is 5.41 Å². The van der Waals surface area contributed by atoms with Crippen LogP contribution in [-0.2, 0) is 6.42 Å². The molecule has 1 aliphatic carbocycles. The highest BCUT2D eigenvalue weighted by Crippen LogP contribution is 2.42. The molecule has 0 radical (unpaired) electrons. The van der Waals surface area contributed by atoms with Gasteiger partial charge in [-0.25, -0.2) is 4.68 Å². The van der Waals surface area contributed by atoms with Crippen molar-refractivity contribution in [3.8, 4) is 11.4 Å². The second kappa shape index (κ2) is 8.18. The summed E-state index contributed by atoms with van der Waals surface area (Å²) in [5.74, 6) is 0.808. The Morgan fingerprint density at radius 2 is 1.79 bits per heavy atom. The first-order valence-corrected chi connectivity index (χ1v) is 11.5. The summed E-state index contributed by atoms with van der Waals surface area (Å²) in [6, 6.07) is 16.9. The molecule has 0 saturated carbocycles. The summed E-state index contributed by atoms with van der Waals surface area (Å²) in [6.07, 6.45) is 2.96. The fourth-order valence-electron chi connectivity index (χ4n) is 5.19. The van der Waals surface area contributed by atoms with E-state index in [1.54, 1.807) is 31.4 Å². The highest BCUT2D eigenvalue weighted by Gasteiger charge is 2.41. The van der Waals surface area contributed by atoms with Gasteiger partial charge in [-0.3, -0.25) is 9.59 Å². The average Bonchev–Trinajstić information content (AvgIpc) is 3.43. The Morgan fingerprint density at radius 3 is 2.48 bits per heavy atom. The number of benzene rings is 2. The molecular formula is C27H29N3O3. The van der Waals surface area contributed by atoms with Gasteiger partial charge in [0, 0.05) is 18.5 Å². The maximum atomic E-state index is 13.4. The van der Waals surface area contributed by atoms with Crippen LogP contribution in [0.15, 0.2) is 54.6 Å². The lowest BCUT2D eigenvalue weighted by atomic mass is 9.75. The van der Waals surface area contributed by atoms with Crippen molar-refractivity contribution in [2.45, 2.75) is 45.6 Å². The standard InChI is InChI=1S/C27H29N3O3/c1-27(2)16-22-24(23(31)17-27)25(28-30(22)19-8-5-4-6-9-19)21-10-7-15-29(21)26(32)18-11-13-20(33-3)14-12-18/h4-6,8-9,11-14,21H,7,10,15-17H2,1-3H3/t21-/m0/s1. The Hall–Kier alpha value is -3.41. The predicted molar refractivity (Wildman–Crippen MR) is 126 cm³/mol. The number of carbonyl (C=O) groups excluding carboxylic acids is 2. The summed E-state index contributed by atoms with van der Waals surface area (Å²) in [5, 5.41) is 5.00. The number of nitrogens with zero attached hydrogens (tertiary/aromatic N) is 3. The topological polar surface area (TPSA) is 64.4 Å². The molecule has 1 aliphatic heterocycles. The van der Waals surface area contributed by atoms with E-state index in [9.17, 15) is 9.59 Å². The van der Waals surface area contributed by atoms with E-state index in [1.807, 2.05) is 39.9 Å². The van der Waals surface area contributed by atoms with Crippen LogP contribution in [0.25, 0.3) is 5.69 Å². The number of para-hydroxylation sites is 1. The van der Waals surface area contributed by atoms with Gasteiger partial charge >= 0.3 is 0 Å². The summed E-state index contributed by atoms with van der Waals surface area (Å²) in [7, 11) is 1.61. The summed E-state index contributed by atoms with van der Waals surface area (Å²) in [4.78, 5) is 28.7. The quantitative estimate of drug-likeness (QED) is 0.568. The van der Waals surface area contributed by atoms with Crippen LogP contribution in [0.2, 0.25) is 0 Å². The van der Waals surface area contributed by atoms with Gasteiger partial charge in [-0.15, -0.1) is 0 Å². The van der Waals surface area contributed by atoms with Gasteiger partial charge < -0.3 is 9.64 Å². The van der Waals surface area contributed by atoms with Crippen molar-refractivity contribution < 1.29 is 14.3 Å². The second-order valence-corrected chi connectivity index (χ2v) is 9.78. The van der Waals surface area contributed by atoms with Gasteiger partial charge in [0.05, 0.1) is 35.8 Å². The molecule has 2 heterocycles. The monoisotopic (exact) mass is 443 g/mol. The minimum atomic E-state index is -0.205. The van der Waals surface area contributed by atoms with Gasteiger partial charge in [-0.05, 0) is 61.1 Å². The molecule has 1 fully saturated rings. The predicted octanol–water partition coefficient (Wildman–Crippen LogP) is 5.01. The summed E-state index contributed by atoms with van der Waals surface area (Å²) >= 11 is 0. The zero-order chi connectivity index (χ0) is 23.2. The normalized spacial score (nSPS) is 19.4. The highest BCUT2D eigenvalue weighted by molar-refractivity contribution is 6.00. The molecule has 33 heavy (non-hydrogen) atoms. The van der Waals surface area contributed by atoms with Crippen LogP contribution in [0.3, 0.4) is 0 Å². The smallest absolute Gasteiger partial charge is 0.254 e.